The highest BCUT2D eigenvalue weighted by Crippen LogP contribution is 2.22. The monoisotopic (exact) mass is 272 g/mol. The van der Waals surface area contributed by atoms with Gasteiger partial charge in [0.15, 0.2) is 0 Å². The van der Waals surface area contributed by atoms with Gasteiger partial charge in [-0.05, 0) is 30.5 Å². The van der Waals surface area contributed by atoms with Gasteiger partial charge in [-0.1, -0.05) is 12.1 Å². The number of hydrogen-bond acceptors (Lipinski definition) is 3. The molecule has 0 spiro atoms. The lowest BCUT2D eigenvalue weighted by atomic mass is 10.1. The van der Waals surface area contributed by atoms with Crippen molar-refractivity contribution < 1.29 is 14.7 Å². The Morgan fingerprint density at radius 3 is 2.65 bits per heavy atom. The van der Waals surface area contributed by atoms with E-state index in [2.05, 4.69) is 6.07 Å². The molecule has 0 aromatic heterocycles. The summed E-state index contributed by atoms with van der Waals surface area (Å²) < 4.78 is 0. The highest BCUT2D eigenvalue weighted by atomic mass is 16.4. The molecule has 1 aromatic rings. The molecule has 0 bridgehead atoms. The molecule has 1 saturated heterocycles. The maximum absolute atomic E-state index is 12.4. The second-order valence-corrected chi connectivity index (χ2v) is 4.92. The van der Waals surface area contributed by atoms with Crippen LogP contribution >= 0.6 is 0 Å². The van der Waals surface area contributed by atoms with Gasteiger partial charge in [0.25, 0.3) is 5.91 Å². The van der Waals surface area contributed by atoms with Gasteiger partial charge in [-0.25, -0.2) is 0 Å². The Hall–Kier alpha value is -2.35. The van der Waals surface area contributed by atoms with Gasteiger partial charge in [0.1, 0.15) is 0 Å². The third-order valence-electron chi connectivity index (χ3n) is 3.53. The molecule has 1 aromatic carbocycles. The van der Waals surface area contributed by atoms with Crippen LogP contribution in [0.5, 0.6) is 0 Å². The maximum atomic E-state index is 12.4. The van der Waals surface area contributed by atoms with E-state index < -0.39 is 5.97 Å². The van der Waals surface area contributed by atoms with Crippen LogP contribution in [0.2, 0.25) is 0 Å². The standard InChI is InChI=1S/C15H16N2O3/c16-8-7-11-3-5-12(6-4-11)15(20)17-9-1-2-13(17)10-14(18)19/h3-6,13H,1-2,7,9-10H2,(H,18,19). The van der Waals surface area contributed by atoms with E-state index in [1.807, 2.05) is 0 Å². The molecule has 1 fully saturated rings. The summed E-state index contributed by atoms with van der Waals surface area (Å²) in [5.74, 6) is -1.00. The van der Waals surface area contributed by atoms with E-state index in [1.54, 1.807) is 29.2 Å². The topological polar surface area (TPSA) is 81.4 Å². The molecule has 1 atom stereocenters. The molecule has 20 heavy (non-hydrogen) atoms. The number of nitrogens with zero attached hydrogens (tertiary/aromatic N) is 2. The van der Waals surface area contributed by atoms with Crippen LogP contribution in [-0.4, -0.2) is 34.5 Å². The summed E-state index contributed by atoms with van der Waals surface area (Å²) >= 11 is 0. The summed E-state index contributed by atoms with van der Waals surface area (Å²) in [6, 6.07) is 8.77. The number of carboxylic acid groups (broad SMARTS) is 1. The molecule has 1 aliphatic rings. The minimum absolute atomic E-state index is 0.00173. The van der Waals surface area contributed by atoms with Crippen molar-refractivity contribution in [3.63, 3.8) is 0 Å². The van der Waals surface area contributed by atoms with Crippen LogP contribution < -0.4 is 0 Å². The van der Waals surface area contributed by atoms with Crippen LogP contribution in [-0.2, 0) is 11.2 Å². The smallest absolute Gasteiger partial charge is 0.305 e. The average molecular weight is 272 g/mol. The van der Waals surface area contributed by atoms with E-state index in [0.717, 1.165) is 18.4 Å². The van der Waals surface area contributed by atoms with Gasteiger partial charge in [-0.15, -0.1) is 0 Å². The molecule has 1 unspecified atom stereocenters. The molecule has 5 nitrogen and oxygen atoms in total. The Kier molecular flexibility index (Phi) is 4.36. The van der Waals surface area contributed by atoms with Crippen LogP contribution in [0.3, 0.4) is 0 Å². The van der Waals surface area contributed by atoms with Gasteiger partial charge in [-0.2, -0.15) is 5.26 Å². The molecule has 1 heterocycles. The summed E-state index contributed by atoms with van der Waals surface area (Å²) in [5.41, 5.74) is 1.41. The van der Waals surface area contributed by atoms with Crippen molar-refractivity contribution in [2.75, 3.05) is 6.54 Å². The van der Waals surface area contributed by atoms with Gasteiger partial charge in [0.05, 0.1) is 18.9 Å². The third kappa shape index (κ3) is 3.15. The second-order valence-electron chi connectivity index (χ2n) is 4.92. The van der Waals surface area contributed by atoms with E-state index in [1.165, 1.54) is 0 Å². The Morgan fingerprint density at radius 2 is 2.05 bits per heavy atom. The number of amides is 1. The SMILES string of the molecule is N#CCc1ccc(C(=O)N2CCCC2CC(=O)O)cc1. The van der Waals surface area contributed by atoms with Crippen LogP contribution in [0.25, 0.3) is 0 Å². The number of rotatable bonds is 4. The highest BCUT2D eigenvalue weighted by molar-refractivity contribution is 5.94. The first-order valence-electron chi connectivity index (χ1n) is 6.60. The van der Waals surface area contributed by atoms with Gasteiger partial charge >= 0.3 is 5.97 Å². The lowest BCUT2D eigenvalue weighted by Crippen LogP contribution is -2.36. The molecular formula is C15H16N2O3. The first-order chi connectivity index (χ1) is 9.61. The number of carbonyl (C=O) groups excluding carboxylic acids is 1. The summed E-state index contributed by atoms with van der Waals surface area (Å²) in [6.45, 7) is 0.608. The van der Waals surface area contributed by atoms with Crippen molar-refractivity contribution >= 4 is 11.9 Å². The van der Waals surface area contributed by atoms with Gasteiger partial charge in [0.2, 0.25) is 0 Å². The number of carbonyl (C=O) groups is 2. The number of likely N-dealkylation sites (tertiary alicyclic amines) is 1. The lowest BCUT2D eigenvalue weighted by molar-refractivity contribution is -0.137. The summed E-state index contributed by atoms with van der Waals surface area (Å²) in [5, 5.41) is 17.5. The average Bonchev–Trinajstić information content (AvgIpc) is 2.86. The van der Waals surface area contributed by atoms with Crippen LogP contribution in [0.4, 0.5) is 0 Å². The molecule has 2 rings (SSSR count). The molecule has 1 amide bonds. The Balaban J connectivity index is 2.10. The molecule has 104 valence electrons. The van der Waals surface area contributed by atoms with Crippen molar-refractivity contribution in [2.24, 2.45) is 0 Å². The molecular weight excluding hydrogens is 256 g/mol. The quantitative estimate of drug-likeness (QED) is 0.906. The van der Waals surface area contributed by atoms with E-state index in [0.29, 0.717) is 18.5 Å². The predicted molar refractivity (Wildman–Crippen MR) is 72.1 cm³/mol. The Morgan fingerprint density at radius 1 is 1.35 bits per heavy atom. The maximum Gasteiger partial charge on any atom is 0.305 e. The third-order valence-corrected chi connectivity index (χ3v) is 3.53. The van der Waals surface area contributed by atoms with Crippen molar-refractivity contribution in [1.82, 2.24) is 4.90 Å². The Bertz CT molecular complexity index is 545. The zero-order valence-corrected chi connectivity index (χ0v) is 11.1. The van der Waals surface area contributed by atoms with Crippen molar-refractivity contribution in [3.8, 4) is 6.07 Å². The predicted octanol–water partition coefficient (Wildman–Crippen LogP) is 1.83. The van der Waals surface area contributed by atoms with Crippen LogP contribution in [0.1, 0.15) is 35.2 Å². The lowest BCUT2D eigenvalue weighted by Gasteiger charge is -2.23. The number of benzene rings is 1. The van der Waals surface area contributed by atoms with E-state index in [4.69, 9.17) is 10.4 Å². The van der Waals surface area contributed by atoms with Crippen molar-refractivity contribution in [2.45, 2.75) is 31.7 Å². The minimum atomic E-state index is -0.876. The summed E-state index contributed by atoms with van der Waals surface area (Å²) in [6.07, 6.45) is 1.90. The van der Waals surface area contributed by atoms with E-state index in [9.17, 15) is 9.59 Å². The van der Waals surface area contributed by atoms with Crippen LogP contribution in [0.15, 0.2) is 24.3 Å². The van der Waals surface area contributed by atoms with Gasteiger partial charge in [-0.3, -0.25) is 9.59 Å². The zero-order valence-electron chi connectivity index (χ0n) is 11.1. The fourth-order valence-corrected chi connectivity index (χ4v) is 2.54. The van der Waals surface area contributed by atoms with E-state index >= 15 is 0 Å². The normalized spacial score (nSPS) is 17.8. The van der Waals surface area contributed by atoms with Gasteiger partial charge in [0, 0.05) is 18.2 Å². The number of hydrogen-bond donors (Lipinski definition) is 1. The number of carboxylic acids is 1. The van der Waals surface area contributed by atoms with Crippen molar-refractivity contribution in [3.05, 3.63) is 35.4 Å². The van der Waals surface area contributed by atoms with Crippen LogP contribution in [0, 0.1) is 11.3 Å². The first kappa shape index (κ1) is 14.1. The largest absolute Gasteiger partial charge is 0.481 e. The summed E-state index contributed by atoms with van der Waals surface area (Å²) in [7, 11) is 0. The van der Waals surface area contributed by atoms with Gasteiger partial charge < -0.3 is 10.0 Å². The fourth-order valence-electron chi connectivity index (χ4n) is 2.54. The zero-order chi connectivity index (χ0) is 14.5. The molecule has 5 heteroatoms. The molecule has 0 saturated carbocycles. The molecule has 0 radical (unpaired) electrons. The van der Waals surface area contributed by atoms with Crippen molar-refractivity contribution in [1.29, 1.82) is 5.26 Å². The molecule has 0 aliphatic carbocycles. The number of aliphatic carboxylic acids is 1. The number of nitriles is 1. The summed E-state index contributed by atoms with van der Waals surface area (Å²) in [4.78, 5) is 24.8. The molecule has 1 N–H and O–H groups in total. The first-order valence-corrected chi connectivity index (χ1v) is 6.60. The molecule has 1 aliphatic heterocycles. The second kappa shape index (κ2) is 6.20. The fraction of sp³-hybridized carbons (Fsp3) is 0.400. The Labute approximate surface area is 117 Å². The van der Waals surface area contributed by atoms with E-state index in [-0.39, 0.29) is 18.4 Å². The minimum Gasteiger partial charge on any atom is -0.481 e. The highest BCUT2D eigenvalue weighted by Gasteiger charge is 2.30.